The van der Waals surface area contributed by atoms with Crippen LogP contribution in [0.2, 0.25) is 0 Å². The largest absolute Gasteiger partial charge is 0.497 e. The summed E-state index contributed by atoms with van der Waals surface area (Å²) in [7, 11) is 1.55. The molecule has 0 unspecified atom stereocenters. The molecule has 0 N–H and O–H groups in total. The van der Waals surface area contributed by atoms with E-state index in [4.69, 9.17) is 18.6 Å². The van der Waals surface area contributed by atoms with Crippen molar-refractivity contribution in [3.63, 3.8) is 0 Å². The van der Waals surface area contributed by atoms with Crippen LogP contribution in [-0.4, -0.2) is 13.1 Å². The molecule has 6 nitrogen and oxygen atoms in total. The van der Waals surface area contributed by atoms with Crippen molar-refractivity contribution in [2.45, 2.75) is 0 Å². The molecule has 154 valence electrons. The number of methoxy groups -OCH3 is 1. The molecule has 1 heterocycles. The Morgan fingerprint density at radius 2 is 1.71 bits per heavy atom. The van der Waals surface area contributed by atoms with Crippen molar-refractivity contribution >= 4 is 23.0 Å². The summed E-state index contributed by atoms with van der Waals surface area (Å²) in [5.74, 6) is 0.817. The van der Waals surface area contributed by atoms with Gasteiger partial charge in [0.2, 0.25) is 11.2 Å². The van der Waals surface area contributed by atoms with Gasteiger partial charge in [-0.2, -0.15) is 0 Å². The fraction of sp³-hybridized carbons (Fsp3) is 0.0400. The molecule has 0 saturated heterocycles. The van der Waals surface area contributed by atoms with E-state index in [1.165, 1.54) is 30.5 Å². The van der Waals surface area contributed by atoms with E-state index in [2.05, 4.69) is 0 Å². The second kappa shape index (κ2) is 9.00. The maximum atomic E-state index is 12.7. The zero-order chi connectivity index (χ0) is 21.6. The van der Waals surface area contributed by atoms with Crippen molar-refractivity contribution in [3.8, 4) is 23.0 Å². The predicted molar refractivity (Wildman–Crippen MR) is 117 cm³/mol. The van der Waals surface area contributed by atoms with Crippen LogP contribution in [0.3, 0.4) is 0 Å². The first-order valence-corrected chi connectivity index (χ1v) is 9.45. The molecule has 0 aliphatic carbocycles. The van der Waals surface area contributed by atoms with Gasteiger partial charge in [0.15, 0.2) is 0 Å². The topological polar surface area (TPSA) is 75.0 Å². The third-order valence-electron chi connectivity index (χ3n) is 4.41. The molecule has 0 saturated carbocycles. The van der Waals surface area contributed by atoms with Gasteiger partial charge < -0.3 is 18.6 Å². The Labute approximate surface area is 177 Å². The van der Waals surface area contributed by atoms with Crippen LogP contribution in [0.5, 0.6) is 23.0 Å². The van der Waals surface area contributed by atoms with Crippen molar-refractivity contribution in [2.24, 2.45) is 0 Å². The summed E-state index contributed by atoms with van der Waals surface area (Å²) < 4.78 is 21.6. The van der Waals surface area contributed by atoms with Gasteiger partial charge in [0, 0.05) is 18.2 Å². The smallest absolute Gasteiger partial charge is 0.336 e. The number of ether oxygens (including phenoxy) is 3. The van der Waals surface area contributed by atoms with Crippen LogP contribution in [-0.2, 0) is 4.79 Å². The van der Waals surface area contributed by atoms with Gasteiger partial charge in [0.05, 0.1) is 12.5 Å². The molecule has 31 heavy (non-hydrogen) atoms. The number of benzene rings is 3. The number of carbonyl (C=O) groups is 1. The average Bonchev–Trinajstić information content (AvgIpc) is 2.80. The Hall–Kier alpha value is -4.32. The molecule has 0 spiro atoms. The lowest BCUT2D eigenvalue weighted by Gasteiger charge is -2.08. The maximum absolute atomic E-state index is 12.7. The van der Waals surface area contributed by atoms with Crippen molar-refractivity contribution in [2.75, 3.05) is 7.11 Å². The van der Waals surface area contributed by atoms with E-state index >= 15 is 0 Å². The van der Waals surface area contributed by atoms with Crippen LogP contribution < -0.4 is 19.6 Å². The molecule has 4 aromatic rings. The molecule has 0 radical (unpaired) electrons. The third-order valence-corrected chi connectivity index (χ3v) is 4.41. The van der Waals surface area contributed by atoms with Crippen LogP contribution in [0.4, 0.5) is 0 Å². The highest BCUT2D eigenvalue weighted by Crippen LogP contribution is 2.26. The monoisotopic (exact) mass is 414 g/mol. The first-order valence-electron chi connectivity index (χ1n) is 9.45. The van der Waals surface area contributed by atoms with E-state index in [-0.39, 0.29) is 22.5 Å². The Morgan fingerprint density at radius 1 is 0.903 bits per heavy atom. The summed E-state index contributed by atoms with van der Waals surface area (Å²) in [5.41, 5.74) is 0.818. The van der Waals surface area contributed by atoms with E-state index in [9.17, 15) is 9.59 Å². The molecule has 3 aromatic carbocycles. The molecular weight excluding hydrogens is 396 g/mol. The summed E-state index contributed by atoms with van der Waals surface area (Å²) in [6.45, 7) is 0. The van der Waals surface area contributed by atoms with E-state index in [1.807, 2.05) is 30.3 Å². The number of rotatable bonds is 6. The minimum atomic E-state index is -0.538. The zero-order valence-corrected chi connectivity index (χ0v) is 16.6. The van der Waals surface area contributed by atoms with E-state index in [0.29, 0.717) is 16.9 Å². The molecule has 0 aliphatic heterocycles. The SMILES string of the molecule is COc1cccc(Oc2coc3cc(OC(=O)C=Cc4ccccc4)ccc3c2=O)c1. The second-order valence-corrected chi connectivity index (χ2v) is 6.53. The Bertz CT molecular complexity index is 1300. The molecular formula is C25H18O6. The fourth-order valence-corrected chi connectivity index (χ4v) is 2.90. The molecule has 0 atom stereocenters. The van der Waals surface area contributed by atoms with Crippen LogP contribution in [0, 0.1) is 0 Å². The van der Waals surface area contributed by atoms with Crippen molar-refractivity contribution in [3.05, 3.63) is 101 Å². The van der Waals surface area contributed by atoms with Crippen molar-refractivity contribution in [1.29, 1.82) is 0 Å². The standard InChI is InChI=1S/C25H18O6/c1-28-18-8-5-9-19(14-18)30-23-16-29-22-15-20(11-12-21(22)25(23)27)31-24(26)13-10-17-6-3-2-4-7-17/h2-16H,1H3. The number of carbonyl (C=O) groups excluding carboxylic acids is 1. The van der Waals surface area contributed by atoms with E-state index < -0.39 is 5.97 Å². The normalized spacial score (nSPS) is 10.9. The highest BCUT2D eigenvalue weighted by atomic mass is 16.5. The van der Waals surface area contributed by atoms with Gasteiger partial charge in [0.1, 0.15) is 29.1 Å². The fourth-order valence-electron chi connectivity index (χ4n) is 2.90. The lowest BCUT2D eigenvalue weighted by Crippen LogP contribution is -2.06. The molecule has 1 aromatic heterocycles. The molecule has 4 rings (SSSR count). The first-order chi connectivity index (χ1) is 15.1. The van der Waals surface area contributed by atoms with E-state index in [0.717, 1.165) is 5.56 Å². The number of esters is 1. The van der Waals surface area contributed by atoms with Gasteiger partial charge in [-0.3, -0.25) is 4.79 Å². The minimum absolute atomic E-state index is 0.0382. The summed E-state index contributed by atoms with van der Waals surface area (Å²) >= 11 is 0. The molecule has 6 heteroatoms. The Balaban J connectivity index is 1.52. The quantitative estimate of drug-likeness (QED) is 0.245. The van der Waals surface area contributed by atoms with Gasteiger partial charge in [0.25, 0.3) is 0 Å². The summed E-state index contributed by atoms with van der Waals surface area (Å²) in [6.07, 6.45) is 4.22. The molecule has 0 bridgehead atoms. The first kappa shape index (κ1) is 20.0. The second-order valence-electron chi connectivity index (χ2n) is 6.53. The third kappa shape index (κ3) is 4.82. The maximum Gasteiger partial charge on any atom is 0.336 e. The summed E-state index contributed by atoms with van der Waals surface area (Å²) in [6, 6.07) is 20.8. The van der Waals surface area contributed by atoms with Crippen molar-refractivity contribution < 1.29 is 23.4 Å². The van der Waals surface area contributed by atoms with Crippen LogP contribution in [0.1, 0.15) is 5.56 Å². The average molecular weight is 414 g/mol. The minimum Gasteiger partial charge on any atom is -0.497 e. The number of fused-ring (bicyclic) bond motifs is 1. The lowest BCUT2D eigenvalue weighted by molar-refractivity contribution is -0.128. The lowest BCUT2D eigenvalue weighted by atomic mass is 10.2. The van der Waals surface area contributed by atoms with Gasteiger partial charge in [-0.25, -0.2) is 4.79 Å². The summed E-state index contributed by atoms with van der Waals surface area (Å²) in [4.78, 5) is 24.8. The van der Waals surface area contributed by atoms with Gasteiger partial charge in [-0.1, -0.05) is 36.4 Å². The number of hydrogen-bond acceptors (Lipinski definition) is 6. The van der Waals surface area contributed by atoms with E-state index in [1.54, 1.807) is 37.5 Å². The van der Waals surface area contributed by atoms with Crippen LogP contribution >= 0.6 is 0 Å². The predicted octanol–water partition coefficient (Wildman–Crippen LogP) is 5.21. The van der Waals surface area contributed by atoms with Crippen LogP contribution in [0.25, 0.3) is 17.0 Å². The highest BCUT2D eigenvalue weighted by Gasteiger charge is 2.11. The Morgan fingerprint density at radius 3 is 2.52 bits per heavy atom. The molecule has 0 fully saturated rings. The summed E-state index contributed by atoms with van der Waals surface area (Å²) in [5, 5.41) is 0.306. The molecule has 0 aliphatic rings. The van der Waals surface area contributed by atoms with Gasteiger partial charge >= 0.3 is 5.97 Å². The highest BCUT2D eigenvalue weighted by molar-refractivity contribution is 5.89. The van der Waals surface area contributed by atoms with Gasteiger partial charge in [-0.15, -0.1) is 0 Å². The Kier molecular flexibility index (Phi) is 5.80. The van der Waals surface area contributed by atoms with Gasteiger partial charge in [-0.05, 0) is 35.9 Å². The van der Waals surface area contributed by atoms with Crippen LogP contribution in [0.15, 0.2) is 94.3 Å². The van der Waals surface area contributed by atoms with Crippen molar-refractivity contribution in [1.82, 2.24) is 0 Å². The zero-order valence-electron chi connectivity index (χ0n) is 16.6. The number of hydrogen-bond donors (Lipinski definition) is 0. The molecule has 0 amide bonds.